The Labute approximate surface area is 131 Å². The van der Waals surface area contributed by atoms with E-state index >= 15 is 0 Å². The molecule has 1 aromatic carbocycles. The third kappa shape index (κ3) is 3.49. The maximum Gasteiger partial charge on any atom is 0.244 e. The van der Waals surface area contributed by atoms with Gasteiger partial charge in [0.25, 0.3) is 0 Å². The van der Waals surface area contributed by atoms with Gasteiger partial charge in [-0.25, -0.2) is 8.42 Å². The van der Waals surface area contributed by atoms with E-state index in [2.05, 4.69) is 0 Å². The predicted molar refractivity (Wildman–Crippen MR) is 86.7 cm³/mol. The van der Waals surface area contributed by atoms with Crippen LogP contribution in [0.25, 0.3) is 0 Å². The second-order valence-corrected chi connectivity index (χ2v) is 7.31. The molecule has 0 aliphatic rings. The first-order chi connectivity index (χ1) is 9.25. The van der Waals surface area contributed by atoms with E-state index in [0.29, 0.717) is 5.56 Å². The van der Waals surface area contributed by atoms with Crippen LogP contribution in [0.3, 0.4) is 0 Å². The van der Waals surface area contributed by atoms with E-state index in [-0.39, 0.29) is 20.9 Å². The molecule has 0 bridgehead atoms. The third-order valence-electron chi connectivity index (χ3n) is 3.33. The van der Waals surface area contributed by atoms with Gasteiger partial charge >= 0.3 is 0 Å². The maximum atomic E-state index is 12.6. The molecule has 20 heavy (non-hydrogen) atoms. The van der Waals surface area contributed by atoms with E-state index in [1.807, 2.05) is 13.8 Å². The first kappa shape index (κ1) is 17.4. The molecule has 4 nitrogen and oxygen atoms in total. The molecule has 0 radical (unpaired) electrons. The quantitative estimate of drug-likeness (QED) is 0.812. The lowest BCUT2D eigenvalue weighted by atomic mass is 10.2. The van der Waals surface area contributed by atoms with Gasteiger partial charge in [0.2, 0.25) is 10.0 Å². The minimum absolute atomic E-state index is 0.0406. The molecule has 0 amide bonds. The molecule has 0 saturated heterocycles. The van der Waals surface area contributed by atoms with Gasteiger partial charge in [-0.1, -0.05) is 43.7 Å². The number of sulfonamides is 1. The molecule has 1 rings (SSSR count). The van der Waals surface area contributed by atoms with Gasteiger partial charge in [-0.05, 0) is 25.0 Å². The highest BCUT2D eigenvalue weighted by molar-refractivity contribution is 7.89. The Morgan fingerprint density at radius 1 is 1.40 bits per heavy atom. The fourth-order valence-electron chi connectivity index (χ4n) is 2.01. The van der Waals surface area contributed by atoms with E-state index < -0.39 is 10.0 Å². The van der Waals surface area contributed by atoms with Crippen molar-refractivity contribution in [1.82, 2.24) is 4.31 Å². The Kier molecular flexibility index (Phi) is 5.94. The zero-order chi connectivity index (χ0) is 15.5. The molecule has 1 aromatic rings. The van der Waals surface area contributed by atoms with Crippen molar-refractivity contribution in [3.05, 3.63) is 28.8 Å². The van der Waals surface area contributed by atoms with Crippen LogP contribution < -0.4 is 5.73 Å². The van der Waals surface area contributed by atoms with Crippen molar-refractivity contribution in [1.29, 1.82) is 0 Å². The number of nitrogens with zero attached hydrogens (tertiary/aromatic N) is 1. The molecule has 0 spiro atoms. The fraction of sp³-hybridized carbons (Fsp3) is 0.462. The number of rotatable bonds is 6. The SMILES string of the molecule is CCC(CC)N(C)S(=O)(=O)c1cc(C(N)=S)ccc1Cl. The summed E-state index contributed by atoms with van der Waals surface area (Å²) in [5.74, 6) is 0. The number of thiocarbonyl (C=S) groups is 1. The summed E-state index contributed by atoms with van der Waals surface area (Å²) < 4.78 is 26.6. The van der Waals surface area contributed by atoms with Gasteiger partial charge in [0.15, 0.2) is 0 Å². The minimum atomic E-state index is -3.66. The van der Waals surface area contributed by atoms with Crippen molar-refractivity contribution < 1.29 is 8.42 Å². The fourth-order valence-corrected chi connectivity index (χ4v) is 4.14. The van der Waals surface area contributed by atoms with Crippen LogP contribution in [0, 0.1) is 0 Å². The van der Waals surface area contributed by atoms with Crippen LogP contribution in [0.15, 0.2) is 23.1 Å². The van der Waals surface area contributed by atoms with Crippen molar-refractivity contribution in [2.45, 2.75) is 37.6 Å². The standard InChI is InChI=1S/C13H19ClN2O2S2/c1-4-10(5-2)16(3)20(17,18)12-8-9(13(15)19)6-7-11(12)14/h6-8,10H,4-5H2,1-3H3,(H2,15,19). The van der Waals surface area contributed by atoms with Crippen molar-refractivity contribution in [2.24, 2.45) is 5.73 Å². The lowest BCUT2D eigenvalue weighted by molar-refractivity contribution is 0.350. The summed E-state index contributed by atoms with van der Waals surface area (Å²) in [5.41, 5.74) is 6.03. The number of halogens is 1. The molecule has 2 N–H and O–H groups in total. The van der Waals surface area contributed by atoms with E-state index in [0.717, 1.165) is 12.8 Å². The van der Waals surface area contributed by atoms with Crippen molar-refractivity contribution in [3.63, 3.8) is 0 Å². The van der Waals surface area contributed by atoms with E-state index in [1.165, 1.54) is 16.4 Å². The first-order valence-electron chi connectivity index (χ1n) is 6.33. The van der Waals surface area contributed by atoms with Crippen LogP contribution in [-0.2, 0) is 10.0 Å². The highest BCUT2D eigenvalue weighted by Crippen LogP contribution is 2.27. The summed E-state index contributed by atoms with van der Waals surface area (Å²) >= 11 is 10.9. The minimum Gasteiger partial charge on any atom is -0.389 e. The maximum absolute atomic E-state index is 12.6. The van der Waals surface area contributed by atoms with Gasteiger partial charge in [0, 0.05) is 18.7 Å². The van der Waals surface area contributed by atoms with Crippen molar-refractivity contribution in [2.75, 3.05) is 7.05 Å². The smallest absolute Gasteiger partial charge is 0.244 e. The molecule has 0 heterocycles. The van der Waals surface area contributed by atoms with Crippen molar-refractivity contribution >= 4 is 38.8 Å². The van der Waals surface area contributed by atoms with Gasteiger partial charge in [0.05, 0.1) is 5.02 Å². The van der Waals surface area contributed by atoms with Crippen LogP contribution in [0.4, 0.5) is 0 Å². The van der Waals surface area contributed by atoms with Crippen molar-refractivity contribution in [3.8, 4) is 0 Å². The van der Waals surface area contributed by atoms with Gasteiger partial charge in [-0.15, -0.1) is 0 Å². The average molecular weight is 335 g/mol. The molecule has 0 fully saturated rings. The highest BCUT2D eigenvalue weighted by Gasteiger charge is 2.28. The van der Waals surface area contributed by atoms with Crippen LogP contribution in [-0.4, -0.2) is 30.8 Å². The first-order valence-corrected chi connectivity index (χ1v) is 8.55. The van der Waals surface area contributed by atoms with Crippen LogP contribution >= 0.6 is 23.8 Å². The summed E-state index contributed by atoms with van der Waals surface area (Å²) in [6.45, 7) is 3.90. The van der Waals surface area contributed by atoms with Gasteiger partial charge in [-0.2, -0.15) is 4.31 Å². The average Bonchev–Trinajstić information content (AvgIpc) is 2.39. The second kappa shape index (κ2) is 6.85. The lowest BCUT2D eigenvalue weighted by Gasteiger charge is -2.26. The Bertz CT molecular complexity index is 598. The summed E-state index contributed by atoms with van der Waals surface area (Å²) in [6.07, 6.45) is 1.47. The van der Waals surface area contributed by atoms with Gasteiger partial charge < -0.3 is 5.73 Å². The number of hydrogen-bond donors (Lipinski definition) is 1. The molecular formula is C13H19ClN2O2S2. The normalized spacial score (nSPS) is 12.1. The Morgan fingerprint density at radius 3 is 2.40 bits per heavy atom. The Balaban J connectivity index is 3.34. The molecule has 0 aromatic heterocycles. The van der Waals surface area contributed by atoms with E-state index in [4.69, 9.17) is 29.6 Å². The number of benzene rings is 1. The monoisotopic (exact) mass is 334 g/mol. The third-order valence-corrected chi connectivity index (χ3v) is 5.96. The molecule has 0 saturated carbocycles. The van der Waals surface area contributed by atoms with Gasteiger partial charge in [0.1, 0.15) is 9.88 Å². The largest absolute Gasteiger partial charge is 0.389 e. The molecular weight excluding hydrogens is 316 g/mol. The van der Waals surface area contributed by atoms with Crippen LogP contribution in [0.5, 0.6) is 0 Å². The molecule has 112 valence electrons. The number of nitrogens with two attached hydrogens (primary N) is 1. The summed E-state index contributed by atoms with van der Waals surface area (Å²) in [5, 5.41) is 0.169. The Morgan fingerprint density at radius 2 is 1.95 bits per heavy atom. The highest BCUT2D eigenvalue weighted by atomic mass is 35.5. The molecule has 0 aliphatic heterocycles. The molecule has 0 unspecified atom stereocenters. The molecule has 0 aliphatic carbocycles. The topological polar surface area (TPSA) is 63.4 Å². The second-order valence-electron chi connectivity index (χ2n) is 4.50. The van der Waals surface area contributed by atoms with Crippen LogP contribution in [0.1, 0.15) is 32.3 Å². The van der Waals surface area contributed by atoms with Crippen LogP contribution in [0.2, 0.25) is 5.02 Å². The number of hydrogen-bond acceptors (Lipinski definition) is 3. The van der Waals surface area contributed by atoms with Gasteiger partial charge in [-0.3, -0.25) is 0 Å². The zero-order valence-corrected chi connectivity index (χ0v) is 14.1. The summed E-state index contributed by atoms with van der Waals surface area (Å²) in [4.78, 5) is 0.183. The van der Waals surface area contributed by atoms with E-state index in [9.17, 15) is 8.42 Å². The Hall–Kier alpha value is -0.690. The summed E-state index contributed by atoms with van der Waals surface area (Å²) in [7, 11) is -2.10. The molecule has 0 atom stereocenters. The van der Waals surface area contributed by atoms with E-state index in [1.54, 1.807) is 13.1 Å². The molecule has 7 heteroatoms. The zero-order valence-electron chi connectivity index (χ0n) is 11.8. The lowest BCUT2D eigenvalue weighted by Crippen LogP contribution is -2.36. The predicted octanol–water partition coefficient (Wildman–Crippen LogP) is 2.78. The summed E-state index contributed by atoms with van der Waals surface area (Å²) in [6, 6.07) is 4.48.